The number of esters is 1. The third-order valence-corrected chi connectivity index (χ3v) is 2.57. The van der Waals surface area contributed by atoms with Crippen LogP contribution in [0.2, 0.25) is 0 Å². The van der Waals surface area contributed by atoms with Crippen LogP contribution < -0.4 is 5.32 Å². The fraction of sp³-hybridized carbons (Fsp3) is 0.900. The van der Waals surface area contributed by atoms with Gasteiger partial charge < -0.3 is 14.6 Å². The molecule has 1 aliphatic heterocycles. The predicted molar refractivity (Wildman–Crippen MR) is 54.4 cm³/mol. The van der Waals surface area contributed by atoms with Crippen molar-refractivity contribution in [3.8, 4) is 0 Å². The molecule has 1 aliphatic rings. The second-order valence-corrected chi connectivity index (χ2v) is 4.12. The van der Waals surface area contributed by atoms with Gasteiger partial charge in [0.2, 0.25) is 0 Å². The highest BCUT2D eigenvalue weighted by Gasteiger charge is 2.32. The lowest BCUT2D eigenvalue weighted by molar-refractivity contribution is -0.144. The van der Waals surface area contributed by atoms with Crippen molar-refractivity contribution in [3.05, 3.63) is 0 Å². The first-order valence-corrected chi connectivity index (χ1v) is 5.16. The molecule has 1 rings (SSSR count). The summed E-state index contributed by atoms with van der Waals surface area (Å²) in [7, 11) is 1.36. The number of methoxy groups -OCH3 is 1. The van der Waals surface area contributed by atoms with E-state index in [2.05, 4.69) is 5.32 Å². The zero-order chi connectivity index (χ0) is 11.4. The maximum absolute atomic E-state index is 11.4. The third-order valence-electron chi connectivity index (χ3n) is 2.57. The van der Waals surface area contributed by atoms with E-state index < -0.39 is 12.1 Å². The van der Waals surface area contributed by atoms with Crippen molar-refractivity contribution in [1.82, 2.24) is 5.32 Å². The van der Waals surface area contributed by atoms with Gasteiger partial charge in [0, 0.05) is 0 Å². The number of ether oxygens (including phenoxy) is 2. The Kier molecular flexibility index (Phi) is 4.50. The van der Waals surface area contributed by atoms with Gasteiger partial charge in [0.25, 0.3) is 0 Å². The molecular formula is C10H19NO4. The second-order valence-electron chi connectivity index (χ2n) is 4.12. The van der Waals surface area contributed by atoms with E-state index in [1.165, 1.54) is 7.11 Å². The summed E-state index contributed by atoms with van der Waals surface area (Å²) in [6.45, 7) is 4.61. The normalized spacial score (nSPS) is 28.1. The lowest BCUT2D eigenvalue weighted by Crippen LogP contribution is -2.51. The van der Waals surface area contributed by atoms with Gasteiger partial charge in [0.05, 0.1) is 32.5 Å². The molecule has 5 heteroatoms. The van der Waals surface area contributed by atoms with Crippen molar-refractivity contribution >= 4 is 5.97 Å². The number of rotatable bonds is 4. The quantitative estimate of drug-likeness (QED) is 0.623. The first kappa shape index (κ1) is 12.4. The van der Waals surface area contributed by atoms with Crippen LogP contribution in [0.25, 0.3) is 0 Å². The molecule has 3 unspecified atom stereocenters. The summed E-state index contributed by atoms with van der Waals surface area (Å²) in [6, 6.07) is -0.576. The average molecular weight is 217 g/mol. The number of aliphatic hydroxyl groups is 1. The Bertz CT molecular complexity index is 219. The highest BCUT2D eigenvalue weighted by Crippen LogP contribution is 2.10. The molecular weight excluding hydrogens is 198 g/mol. The van der Waals surface area contributed by atoms with Gasteiger partial charge >= 0.3 is 5.97 Å². The first-order valence-electron chi connectivity index (χ1n) is 5.16. The third kappa shape index (κ3) is 3.15. The van der Waals surface area contributed by atoms with Crippen LogP contribution in [0.3, 0.4) is 0 Å². The number of hydrogen-bond donors (Lipinski definition) is 2. The van der Waals surface area contributed by atoms with Crippen molar-refractivity contribution < 1.29 is 19.4 Å². The van der Waals surface area contributed by atoms with Crippen LogP contribution in [-0.2, 0) is 14.3 Å². The van der Waals surface area contributed by atoms with Gasteiger partial charge in [0.15, 0.2) is 0 Å². The van der Waals surface area contributed by atoms with Crippen LogP contribution in [0, 0.1) is 5.92 Å². The smallest absolute Gasteiger partial charge is 0.323 e. The van der Waals surface area contributed by atoms with Crippen LogP contribution in [0.1, 0.15) is 13.8 Å². The van der Waals surface area contributed by atoms with E-state index in [4.69, 9.17) is 9.47 Å². The molecule has 0 bridgehead atoms. The summed E-state index contributed by atoms with van der Waals surface area (Å²) in [4.78, 5) is 11.4. The number of carbonyl (C=O) groups is 1. The lowest BCUT2D eigenvalue weighted by Gasteiger charge is -2.24. The molecule has 1 heterocycles. The molecule has 15 heavy (non-hydrogen) atoms. The molecule has 0 aliphatic carbocycles. The van der Waals surface area contributed by atoms with Crippen molar-refractivity contribution in [2.75, 3.05) is 20.3 Å². The Labute approximate surface area is 89.8 Å². The zero-order valence-electron chi connectivity index (χ0n) is 9.40. The molecule has 1 fully saturated rings. The molecule has 0 radical (unpaired) electrons. The Morgan fingerprint density at radius 1 is 1.53 bits per heavy atom. The Morgan fingerprint density at radius 2 is 2.20 bits per heavy atom. The fourth-order valence-corrected chi connectivity index (χ4v) is 1.59. The van der Waals surface area contributed by atoms with Crippen molar-refractivity contribution in [3.63, 3.8) is 0 Å². The van der Waals surface area contributed by atoms with Crippen molar-refractivity contribution in [1.29, 1.82) is 0 Å². The van der Waals surface area contributed by atoms with E-state index in [1.54, 1.807) is 0 Å². The van der Waals surface area contributed by atoms with Gasteiger partial charge in [-0.1, -0.05) is 13.8 Å². The molecule has 5 nitrogen and oxygen atoms in total. The van der Waals surface area contributed by atoms with Crippen molar-refractivity contribution in [2.24, 2.45) is 5.92 Å². The monoisotopic (exact) mass is 217 g/mol. The standard InChI is InChI=1S/C10H19NO4/c1-6(2)9(10(13)14-3)11-7-4-15-5-8(7)12/h6-9,11-12H,4-5H2,1-3H3. The van der Waals surface area contributed by atoms with Gasteiger partial charge in [0.1, 0.15) is 6.04 Å². The van der Waals surface area contributed by atoms with Gasteiger partial charge in [-0.25, -0.2) is 0 Å². The number of carbonyl (C=O) groups excluding carboxylic acids is 1. The van der Waals surface area contributed by atoms with E-state index in [-0.39, 0.29) is 17.9 Å². The number of nitrogens with one attached hydrogen (secondary N) is 1. The largest absolute Gasteiger partial charge is 0.468 e. The molecule has 3 atom stereocenters. The molecule has 0 aromatic rings. The topological polar surface area (TPSA) is 67.8 Å². The molecule has 0 saturated carbocycles. The van der Waals surface area contributed by atoms with Crippen LogP contribution >= 0.6 is 0 Å². The zero-order valence-corrected chi connectivity index (χ0v) is 9.40. The van der Waals surface area contributed by atoms with Gasteiger partial charge in [-0.15, -0.1) is 0 Å². The minimum Gasteiger partial charge on any atom is -0.468 e. The van der Waals surface area contributed by atoms with Crippen LogP contribution in [0.15, 0.2) is 0 Å². The van der Waals surface area contributed by atoms with E-state index >= 15 is 0 Å². The molecule has 0 aromatic carbocycles. The Morgan fingerprint density at radius 3 is 2.60 bits per heavy atom. The summed E-state index contributed by atoms with van der Waals surface area (Å²) in [5, 5.41) is 12.6. The lowest BCUT2D eigenvalue weighted by atomic mass is 10.0. The second kappa shape index (κ2) is 5.44. The molecule has 88 valence electrons. The van der Waals surface area contributed by atoms with Gasteiger partial charge in [-0.2, -0.15) is 0 Å². The summed E-state index contributed by atoms with van der Waals surface area (Å²) < 4.78 is 9.79. The highest BCUT2D eigenvalue weighted by molar-refractivity contribution is 5.76. The molecule has 0 amide bonds. The summed E-state index contributed by atoms with van der Waals surface area (Å²) in [5.41, 5.74) is 0. The predicted octanol–water partition coefficient (Wildman–Crippen LogP) is -0.467. The van der Waals surface area contributed by atoms with Gasteiger partial charge in [-0.3, -0.25) is 10.1 Å². The molecule has 0 spiro atoms. The van der Waals surface area contributed by atoms with Crippen LogP contribution in [-0.4, -0.2) is 49.6 Å². The number of hydrogen-bond acceptors (Lipinski definition) is 5. The summed E-state index contributed by atoms with van der Waals surface area (Å²) in [6.07, 6.45) is -0.545. The number of aliphatic hydroxyl groups excluding tert-OH is 1. The van der Waals surface area contributed by atoms with Crippen LogP contribution in [0.4, 0.5) is 0 Å². The Balaban J connectivity index is 2.54. The summed E-state index contributed by atoms with van der Waals surface area (Å²) in [5.74, 6) is -0.186. The minimum absolute atomic E-state index is 0.116. The molecule has 2 N–H and O–H groups in total. The SMILES string of the molecule is COC(=O)C(NC1COCC1O)C(C)C. The average Bonchev–Trinajstić information content (AvgIpc) is 2.59. The van der Waals surface area contributed by atoms with Crippen LogP contribution in [0.5, 0.6) is 0 Å². The maximum atomic E-state index is 11.4. The van der Waals surface area contributed by atoms with E-state index in [0.29, 0.717) is 13.2 Å². The molecule has 1 saturated heterocycles. The maximum Gasteiger partial charge on any atom is 0.323 e. The highest BCUT2D eigenvalue weighted by atomic mass is 16.5. The fourth-order valence-electron chi connectivity index (χ4n) is 1.59. The summed E-state index contributed by atoms with van der Waals surface area (Å²) >= 11 is 0. The minimum atomic E-state index is -0.545. The van der Waals surface area contributed by atoms with E-state index in [1.807, 2.05) is 13.8 Å². The van der Waals surface area contributed by atoms with Gasteiger partial charge in [-0.05, 0) is 5.92 Å². The van der Waals surface area contributed by atoms with E-state index in [9.17, 15) is 9.90 Å². The van der Waals surface area contributed by atoms with Crippen molar-refractivity contribution in [2.45, 2.75) is 32.0 Å². The molecule has 0 aromatic heterocycles. The first-order chi connectivity index (χ1) is 7.06. The van der Waals surface area contributed by atoms with E-state index in [0.717, 1.165) is 0 Å². The Hall–Kier alpha value is -0.650.